The van der Waals surface area contributed by atoms with Crippen molar-refractivity contribution in [3.05, 3.63) is 57.7 Å². The van der Waals surface area contributed by atoms with Crippen molar-refractivity contribution < 1.29 is 0 Å². The van der Waals surface area contributed by atoms with Gasteiger partial charge in [-0.25, -0.2) is 0 Å². The Bertz CT molecular complexity index is 697. The van der Waals surface area contributed by atoms with Gasteiger partial charge >= 0.3 is 0 Å². The Labute approximate surface area is 159 Å². The third-order valence-corrected chi connectivity index (χ3v) is 4.97. The molecule has 2 rings (SSSR count). The van der Waals surface area contributed by atoms with Gasteiger partial charge in [-0.05, 0) is 79.6 Å². The normalized spacial score (nSPS) is 10.8. The van der Waals surface area contributed by atoms with E-state index >= 15 is 0 Å². The van der Waals surface area contributed by atoms with Crippen molar-refractivity contribution in [1.29, 1.82) is 5.41 Å². The van der Waals surface area contributed by atoms with Crippen molar-refractivity contribution in [3.8, 4) is 0 Å². The predicted molar refractivity (Wildman–Crippen MR) is 113 cm³/mol. The summed E-state index contributed by atoms with van der Waals surface area (Å²) in [5.74, 6) is 0.518. The molecule has 0 radical (unpaired) electrons. The SMILES string of the molecule is CCc1cccc(N(C(=N)N(CC)c2ccccc2I)C(C)C)c1. The van der Waals surface area contributed by atoms with Crippen molar-refractivity contribution in [2.24, 2.45) is 0 Å². The molecule has 1 N–H and O–H groups in total. The lowest BCUT2D eigenvalue weighted by Crippen LogP contribution is -2.47. The molecular weight excluding hydrogens is 409 g/mol. The monoisotopic (exact) mass is 435 g/mol. The molecule has 2 aromatic rings. The van der Waals surface area contributed by atoms with Gasteiger partial charge in [-0.2, -0.15) is 0 Å². The fraction of sp³-hybridized carbons (Fsp3) is 0.350. The van der Waals surface area contributed by atoms with Crippen LogP contribution in [0.2, 0.25) is 0 Å². The van der Waals surface area contributed by atoms with Crippen LogP contribution in [0.4, 0.5) is 11.4 Å². The molecule has 0 saturated carbocycles. The molecule has 0 aromatic heterocycles. The third kappa shape index (κ3) is 4.09. The number of hydrogen-bond donors (Lipinski definition) is 1. The fourth-order valence-corrected chi connectivity index (χ4v) is 3.50. The molecule has 24 heavy (non-hydrogen) atoms. The molecule has 0 fully saturated rings. The van der Waals surface area contributed by atoms with Crippen LogP contribution in [0.1, 0.15) is 33.3 Å². The molecule has 2 aromatic carbocycles. The molecule has 0 bridgehead atoms. The number of aryl methyl sites for hydroxylation is 1. The molecule has 0 aliphatic carbocycles. The minimum absolute atomic E-state index is 0.208. The molecule has 128 valence electrons. The zero-order valence-corrected chi connectivity index (χ0v) is 17.0. The van der Waals surface area contributed by atoms with Gasteiger partial charge in [-0.15, -0.1) is 0 Å². The summed E-state index contributed by atoms with van der Waals surface area (Å²) in [4.78, 5) is 4.17. The standard InChI is InChI=1S/C20H26IN3/c1-5-16-10-9-11-17(14-16)24(15(3)4)20(22)23(6-2)19-13-8-7-12-18(19)21/h7-15,22H,5-6H2,1-4H3. The quantitative estimate of drug-likeness (QED) is 0.380. The van der Waals surface area contributed by atoms with Crippen molar-refractivity contribution in [2.75, 3.05) is 16.3 Å². The molecule has 0 aliphatic rings. The van der Waals surface area contributed by atoms with Gasteiger partial charge in [-0.1, -0.05) is 31.2 Å². The molecule has 0 spiro atoms. The van der Waals surface area contributed by atoms with Crippen molar-refractivity contribution in [3.63, 3.8) is 0 Å². The van der Waals surface area contributed by atoms with E-state index in [0.29, 0.717) is 5.96 Å². The second-order valence-electron chi connectivity index (χ2n) is 6.01. The summed E-state index contributed by atoms with van der Waals surface area (Å²) in [6.45, 7) is 9.29. The maximum absolute atomic E-state index is 8.88. The van der Waals surface area contributed by atoms with Crippen molar-refractivity contribution in [2.45, 2.75) is 40.2 Å². The van der Waals surface area contributed by atoms with Gasteiger partial charge in [0.05, 0.1) is 5.69 Å². The van der Waals surface area contributed by atoms with Crippen LogP contribution in [-0.4, -0.2) is 18.5 Å². The first-order valence-corrected chi connectivity index (χ1v) is 9.56. The number of benzene rings is 2. The van der Waals surface area contributed by atoms with Crippen LogP contribution < -0.4 is 9.80 Å². The van der Waals surface area contributed by atoms with E-state index < -0.39 is 0 Å². The predicted octanol–water partition coefficient (Wildman–Crippen LogP) is 5.53. The Morgan fingerprint density at radius 1 is 1.08 bits per heavy atom. The van der Waals surface area contributed by atoms with E-state index in [1.807, 2.05) is 12.1 Å². The molecule has 0 atom stereocenters. The number of para-hydroxylation sites is 1. The summed E-state index contributed by atoms with van der Waals surface area (Å²) in [5.41, 5.74) is 3.46. The number of guanidine groups is 1. The zero-order chi connectivity index (χ0) is 17.7. The van der Waals surface area contributed by atoms with Gasteiger partial charge in [0.2, 0.25) is 5.96 Å². The fourth-order valence-electron chi connectivity index (χ4n) is 2.83. The summed E-state index contributed by atoms with van der Waals surface area (Å²) in [7, 11) is 0. The lowest BCUT2D eigenvalue weighted by Gasteiger charge is -2.36. The number of anilines is 2. The zero-order valence-electron chi connectivity index (χ0n) is 14.9. The van der Waals surface area contributed by atoms with Gasteiger partial charge in [-0.3, -0.25) is 5.41 Å². The lowest BCUT2D eigenvalue weighted by molar-refractivity contribution is 0.786. The van der Waals surface area contributed by atoms with Crippen LogP contribution in [0.3, 0.4) is 0 Å². The first-order valence-electron chi connectivity index (χ1n) is 8.48. The van der Waals surface area contributed by atoms with E-state index in [4.69, 9.17) is 5.41 Å². The van der Waals surface area contributed by atoms with Crippen LogP contribution in [0.5, 0.6) is 0 Å². The average Bonchev–Trinajstić information content (AvgIpc) is 2.57. The Morgan fingerprint density at radius 2 is 1.79 bits per heavy atom. The van der Waals surface area contributed by atoms with E-state index in [0.717, 1.165) is 27.9 Å². The molecule has 4 heteroatoms. The van der Waals surface area contributed by atoms with Crippen LogP contribution >= 0.6 is 22.6 Å². The van der Waals surface area contributed by atoms with Gasteiger partial charge in [0.25, 0.3) is 0 Å². The number of nitrogens with one attached hydrogen (secondary N) is 1. The molecule has 0 amide bonds. The summed E-state index contributed by atoms with van der Waals surface area (Å²) in [6, 6.07) is 17.0. The summed E-state index contributed by atoms with van der Waals surface area (Å²) in [6.07, 6.45) is 1.00. The van der Waals surface area contributed by atoms with E-state index in [1.165, 1.54) is 5.56 Å². The van der Waals surface area contributed by atoms with Crippen LogP contribution in [0.15, 0.2) is 48.5 Å². The third-order valence-electron chi connectivity index (χ3n) is 4.06. The second kappa shape index (κ2) is 8.51. The van der Waals surface area contributed by atoms with Crippen molar-refractivity contribution >= 4 is 39.9 Å². The van der Waals surface area contributed by atoms with Gasteiger partial charge in [0, 0.05) is 21.8 Å². The number of halogens is 1. The topological polar surface area (TPSA) is 30.3 Å². The van der Waals surface area contributed by atoms with Gasteiger partial charge in [0.15, 0.2) is 0 Å². The Morgan fingerprint density at radius 3 is 2.38 bits per heavy atom. The highest BCUT2D eigenvalue weighted by Gasteiger charge is 2.23. The number of hydrogen-bond acceptors (Lipinski definition) is 1. The summed E-state index contributed by atoms with van der Waals surface area (Å²) in [5, 5.41) is 8.88. The van der Waals surface area contributed by atoms with E-state index in [9.17, 15) is 0 Å². The number of rotatable bonds is 5. The lowest BCUT2D eigenvalue weighted by atomic mass is 10.1. The van der Waals surface area contributed by atoms with E-state index in [2.05, 4.69) is 96.5 Å². The molecule has 0 unspecified atom stereocenters. The van der Waals surface area contributed by atoms with Crippen LogP contribution in [0.25, 0.3) is 0 Å². The first kappa shape index (κ1) is 18.8. The molecule has 0 heterocycles. The minimum atomic E-state index is 0.208. The number of nitrogens with zero attached hydrogens (tertiary/aromatic N) is 2. The van der Waals surface area contributed by atoms with E-state index in [1.54, 1.807) is 0 Å². The highest BCUT2D eigenvalue weighted by Crippen LogP contribution is 2.26. The van der Waals surface area contributed by atoms with Gasteiger partial charge < -0.3 is 9.80 Å². The molecule has 3 nitrogen and oxygen atoms in total. The first-order chi connectivity index (χ1) is 11.5. The Hall–Kier alpha value is -1.56. The highest BCUT2D eigenvalue weighted by atomic mass is 127. The van der Waals surface area contributed by atoms with Crippen LogP contribution in [0, 0.1) is 8.98 Å². The average molecular weight is 435 g/mol. The highest BCUT2D eigenvalue weighted by molar-refractivity contribution is 14.1. The van der Waals surface area contributed by atoms with Crippen molar-refractivity contribution in [1.82, 2.24) is 0 Å². The second-order valence-corrected chi connectivity index (χ2v) is 7.17. The Kier molecular flexibility index (Phi) is 6.66. The smallest absolute Gasteiger partial charge is 0.203 e. The largest absolute Gasteiger partial charge is 0.312 e. The maximum Gasteiger partial charge on any atom is 0.203 e. The molecular formula is C20H26IN3. The summed E-state index contributed by atoms with van der Waals surface area (Å²) >= 11 is 2.34. The molecule has 0 saturated heterocycles. The van der Waals surface area contributed by atoms with E-state index in [-0.39, 0.29) is 6.04 Å². The molecule has 0 aliphatic heterocycles. The maximum atomic E-state index is 8.88. The minimum Gasteiger partial charge on any atom is -0.312 e. The Balaban J connectivity index is 2.42. The summed E-state index contributed by atoms with van der Waals surface area (Å²) < 4.78 is 1.16. The van der Waals surface area contributed by atoms with Gasteiger partial charge in [0.1, 0.15) is 0 Å². The van der Waals surface area contributed by atoms with Crippen LogP contribution in [-0.2, 0) is 6.42 Å².